The van der Waals surface area contributed by atoms with Crippen LogP contribution < -0.4 is 11.3 Å². The number of carbonyl (C=O) groups excluding carboxylic acids is 1. The number of phenols is 1. The fourth-order valence-electron chi connectivity index (χ4n) is 3.88. The van der Waals surface area contributed by atoms with Gasteiger partial charge < -0.3 is 20.7 Å². The van der Waals surface area contributed by atoms with E-state index in [9.17, 15) is 14.7 Å². The van der Waals surface area contributed by atoms with Gasteiger partial charge in [0.15, 0.2) is 0 Å². The molecule has 0 spiro atoms. The molecule has 5 N–H and O–H groups in total. The third-order valence-corrected chi connectivity index (χ3v) is 5.65. The third kappa shape index (κ3) is 4.46. The average molecular weight is 428 g/mol. The van der Waals surface area contributed by atoms with Crippen molar-refractivity contribution in [3.8, 4) is 16.9 Å². The van der Waals surface area contributed by atoms with Crippen LogP contribution in [0.4, 0.5) is 0 Å². The molecule has 3 aromatic rings. The van der Waals surface area contributed by atoms with Crippen molar-refractivity contribution in [2.45, 2.75) is 18.9 Å². The second kappa shape index (κ2) is 8.93. The Kier molecular flexibility index (Phi) is 5.89. The zero-order valence-corrected chi connectivity index (χ0v) is 17.4. The number of H-pyrrole nitrogens is 1. The standard InChI is InChI=1S/C25H24N4O3/c26-24(27)19-8-11-22(30)18(14-19)7-10-21-2-1-13-29(21)25(32)17-5-3-16(4-6-17)20-9-12-23(31)28-15-20/h3-12,14-15,21,30H,1-2,13H2,(H3,26,27)(H,28,31)/b10-7+. The monoisotopic (exact) mass is 428 g/mol. The highest BCUT2D eigenvalue weighted by atomic mass is 16.3. The maximum atomic E-state index is 13.1. The van der Waals surface area contributed by atoms with Crippen LogP contribution in [-0.2, 0) is 0 Å². The number of pyridine rings is 1. The van der Waals surface area contributed by atoms with Crippen molar-refractivity contribution in [1.82, 2.24) is 9.88 Å². The zero-order valence-electron chi connectivity index (χ0n) is 17.4. The summed E-state index contributed by atoms with van der Waals surface area (Å²) in [5.74, 6) is -0.0190. The van der Waals surface area contributed by atoms with Crippen LogP contribution in [0.1, 0.15) is 34.3 Å². The molecule has 32 heavy (non-hydrogen) atoms. The smallest absolute Gasteiger partial charge is 0.254 e. The van der Waals surface area contributed by atoms with Crippen molar-refractivity contribution >= 4 is 17.8 Å². The van der Waals surface area contributed by atoms with E-state index in [1.807, 2.05) is 23.1 Å². The number of likely N-dealkylation sites (tertiary alicyclic amines) is 1. The number of nitrogens with two attached hydrogens (primary N) is 1. The van der Waals surface area contributed by atoms with Crippen molar-refractivity contribution in [3.63, 3.8) is 0 Å². The predicted octanol–water partition coefficient (Wildman–Crippen LogP) is 3.35. The number of nitrogen functional groups attached to an aromatic ring is 1. The Morgan fingerprint density at radius 2 is 1.81 bits per heavy atom. The van der Waals surface area contributed by atoms with Crippen molar-refractivity contribution < 1.29 is 9.90 Å². The molecule has 2 heterocycles. The minimum atomic E-state index is -0.157. The number of nitrogens with one attached hydrogen (secondary N) is 2. The Hall–Kier alpha value is -4.13. The maximum Gasteiger partial charge on any atom is 0.254 e. The van der Waals surface area contributed by atoms with Gasteiger partial charge in [-0.3, -0.25) is 15.0 Å². The van der Waals surface area contributed by atoms with E-state index in [2.05, 4.69) is 4.98 Å². The topological polar surface area (TPSA) is 123 Å². The predicted molar refractivity (Wildman–Crippen MR) is 125 cm³/mol. The third-order valence-electron chi connectivity index (χ3n) is 5.65. The second-order valence-electron chi connectivity index (χ2n) is 7.77. The van der Waals surface area contributed by atoms with Gasteiger partial charge in [0.25, 0.3) is 5.91 Å². The molecule has 1 saturated heterocycles. The van der Waals surface area contributed by atoms with Gasteiger partial charge in [0.05, 0.1) is 6.04 Å². The molecule has 162 valence electrons. The molecule has 0 saturated carbocycles. The normalized spacial score (nSPS) is 15.9. The lowest BCUT2D eigenvalue weighted by Crippen LogP contribution is -2.34. The summed E-state index contributed by atoms with van der Waals surface area (Å²) in [5, 5.41) is 17.7. The van der Waals surface area contributed by atoms with Crippen LogP contribution in [0, 0.1) is 5.41 Å². The van der Waals surface area contributed by atoms with E-state index in [4.69, 9.17) is 11.1 Å². The number of amides is 1. The number of benzene rings is 2. The van der Waals surface area contributed by atoms with E-state index < -0.39 is 0 Å². The van der Waals surface area contributed by atoms with Crippen LogP contribution in [0.25, 0.3) is 17.2 Å². The molecule has 0 aliphatic carbocycles. The molecular weight excluding hydrogens is 404 g/mol. The van der Waals surface area contributed by atoms with Gasteiger partial charge in [-0.25, -0.2) is 0 Å². The highest BCUT2D eigenvalue weighted by Gasteiger charge is 2.27. The molecule has 1 fully saturated rings. The minimum absolute atomic E-state index is 0.0492. The van der Waals surface area contributed by atoms with Crippen LogP contribution in [0.15, 0.2) is 71.7 Å². The molecular formula is C25H24N4O3. The quantitative estimate of drug-likeness (QED) is 0.367. The lowest BCUT2D eigenvalue weighted by molar-refractivity contribution is 0.0762. The molecule has 1 unspecified atom stereocenters. The van der Waals surface area contributed by atoms with Gasteiger partial charge in [0, 0.05) is 35.5 Å². The fourth-order valence-corrected chi connectivity index (χ4v) is 3.88. The van der Waals surface area contributed by atoms with Gasteiger partial charge in [0.2, 0.25) is 5.56 Å². The van der Waals surface area contributed by atoms with Gasteiger partial charge in [-0.2, -0.15) is 0 Å². The number of nitrogens with zero attached hydrogens (tertiary/aromatic N) is 1. The Morgan fingerprint density at radius 1 is 1.09 bits per heavy atom. The summed E-state index contributed by atoms with van der Waals surface area (Å²) >= 11 is 0. The van der Waals surface area contributed by atoms with Gasteiger partial charge in [-0.15, -0.1) is 0 Å². The largest absolute Gasteiger partial charge is 0.507 e. The first-order valence-electron chi connectivity index (χ1n) is 10.4. The number of aromatic hydroxyl groups is 1. The van der Waals surface area contributed by atoms with E-state index in [1.54, 1.807) is 42.6 Å². The molecule has 0 radical (unpaired) electrons. The first kappa shape index (κ1) is 21.1. The summed E-state index contributed by atoms with van der Waals surface area (Å²) in [6.45, 7) is 0.662. The van der Waals surface area contributed by atoms with Crippen LogP contribution >= 0.6 is 0 Å². The summed E-state index contributed by atoms with van der Waals surface area (Å²) in [4.78, 5) is 28.8. The van der Waals surface area contributed by atoms with Crippen LogP contribution in [0.3, 0.4) is 0 Å². The maximum absolute atomic E-state index is 13.1. The summed E-state index contributed by atoms with van der Waals surface area (Å²) in [6.07, 6.45) is 7.08. The highest BCUT2D eigenvalue weighted by molar-refractivity contribution is 5.96. The number of hydrogen-bond donors (Lipinski definition) is 4. The SMILES string of the molecule is N=C(N)c1ccc(O)c(/C=C/C2CCCN2C(=O)c2ccc(-c3ccc(=O)[nH]c3)cc2)c1. The summed E-state index contributed by atoms with van der Waals surface area (Å²) in [5.41, 5.74) is 8.86. The molecule has 4 rings (SSSR count). The zero-order chi connectivity index (χ0) is 22.7. The molecule has 1 aromatic heterocycles. The van der Waals surface area contributed by atoms with Crippen molar-refractivity contribution in [3.05, 3.63) is 93.9 Å². The average Bonchev–Trinajstić information content (AvgIpc) is 3.27. The molecule has 1 aliphatic rings. The molecule has 7 nitrogen and oxygen atoms in total. The molecule has 1 atom stereocenters. The Labute approximate surface area is 185 Å². The van der Waals surface area contributed by atoms with E-state index in [0.717, 1.165) is 24.0 Å². The molecule has 1 amide bonds. The Morgan fingerprint density at radius 3 is 2.50 bits per heavy atom. The van der Waals surface area contributed by atoms with Crippen LogP contribution in [-0.4, -0.2) is 39.3 Å². The number of carbonyl (C=O) groups is 1. The number of amidine groups is 1. The van der Waals surface area contributed by atoms with Crippen molar-refractivity contribution in [1.29, 1.82) is 5.41 Å². The highest BCUT2D eigenvalue weighted by Crippen LogP contribution is 2.26. The van der Waals surface area contributed by atoms with Crippen molar-refractivity contribution in [2.24, 2.45) is 5.73 Å². The fraction of sp³-hybridized carbons (Fsp3) is 0.160. The van der Waals surface area contributed by atoms with Gasteiger partial charge >= 0.3 is 0 Å². The van der Waals surface area contributed by atoms with E-state index in [-0.39, 0.29) is 29.1 Å². The van der Waals surface area contributed by atoms with Crippen LogP contribution in [0.2, 0.25) is 0 Å². The summed E-state index contributed by atoms with van der Waals surface area (Å²) < 4.78 is 0. The number of phenolic OH excluding ortho intramolecular Hbond substituents is 1. The first-order chi connectivity index (χ1) is 15.4. The van der Waals surface area contributed by atoms with E-state index in [0.29, 0.717) is 23.2 Å². The summed E-state index contributed by atoms with van der Waals surface area (Å²) in [6, 6.07) is 15.2. The Bertz CT molecular complexity index is 1220. The number of rotatable bonds is 5. The summed E-state index contributed by atoms with van der Waals surface area (Å²) in [7, 11) is 0. The minimum Gasteiger partial charge on any atom is -0.507 e. The first-order valence-corrected chi connectivity index (χ1v) is 10.4. The van der Waals surface area contributed by atoms with Crippen molar-refractivity contribution in [2.75, 3.05) is 6.54 Å². The van der Waals surface area contributed by atoms with Gasteiger partial charge in [-0.05, 0) is 60.4 Å². The van der Waals surface area contributed by atoms with Gasteiger partial charge in [-0.1, -0.05) is 24.3 Å². The number of hydrogen-bond acceptors (Lipinski definition) is 4. The molecule has 2 aromatic carbocycles. The lowest BCUT2D eigenvalue weighted by Gasteiger charge is -2.22. The molecule has 7 heteroatoms. The Balaban J connectivity index is 1.51. The van der Waals surface area contributed by atoms with Crippen LogP contribution in [0.5, 0.6) is 5.75 Å². The molecule has 0 bridgehead atoms. The number of aromatic amines is 1. The molecule has 1 aliphatic heterocycles. The van der Waals surface area contributed by atoms with Gasteiger partial charge in [0.1, 0.15) is 11.6 Å². The van der Waals surface area contributed by atoms with E-state index in [1.165, 1.54) is 12.1 Å². The second-order valence-corrected chi connectivity index (χ2v) is 7.77. The lowest BCUT2D eigenvalue weighted by atomic mass is 10.0. The number of aromatic nitrogens is 1. The van der Waals surface area contributed by atoms with E-state index >= 15 is 0 Å².